The Morgan fingerprint density at radius 3 is 2.60 bits per heavy atom. The highest BCUT2D eigenvalue weighted by Crippen LogP contribution is 2.61. The molecule has 0 aliphatic heterocycles. The van der Waals surface area contributed by atoms with Gasteiger partial charge >= 0.3 is 0 Å². The van der Waals surface area contributed by atoms with Gasteiger partial charge in [0.05, 0.1) is 11.2 Å². The highest BCUT2D eigenvalue weighted by atomic mass is 35.5. The van der Waals surface area contributed by atoms with Gasteiger partial charge < -0.3 is 10.4 Å². The average molecular weight is 400 g/mol. The zero-order chi connectivity index (χ0) is 18.4. The van der Waals surface area contributed by atoms with Crippen molar-refractivity contribution in [1.29, 1.82) is 0 Å². The van der Waals surface area contributed by atoms with Gasteiger partial charge in [-0.1, -0.05) is 37.0 Å². The Kier molecular flexibility index (Phi) is 4.95. The predicted octanol–water partition coefficient (Wildman–Crippen LogP) is 4.71. The minimum absolute atomic E-state index is 0.0446. The number of hydrazone groups is 1. The number of thiocarbonyl (C=S) groups is 1. The number of hydrogen-bond acceptors (Lipinski definition) is 3. The maximum absolute atomic E-state index is 9.94. The Labute approximate surface area is 164 Å². The molecule has 1 aromatic rings. The molecule has 0 aromatic heterocycles. The first kappa shape index (κ1) is 18.7. The number of phenolic OH excluding ortho intramolecular Hbond substituents is 1. The molecule has 3 rings (SSSR count). The summed E-state index contributed by atoms with van der Waals surface area (Å²) in [5.74, 6) is 1.32. The van der Waals surface area contributed by atoms with Gasteiger partial charge in [-0.25, -0.2) is 0 Å². The van der Waals surface area contributed by atoms with Crippen LogP contribution in [0.15, 0.2) is 17.2 Å². The first-order chi connectivity index (χ1) is 11.6. The van der Waals surface area contributed by atoms with Gasteiger partial charge in [-0.15, -0.1) is 0 Å². The Hall–Kier alpha value is -1.04. The molecule has 0 heterocycles. The van der Waals surface area contributed by atoms with Crippen LogP contribution in [0.1, 0.15) is 45.6 Å². The van der Waals surface area contributed by atoms with Crippen LogP contribution in [0.5, 0.6) is 5.75 Å². The molecular weight excluding hydrogens is 377 g/mol. The van der Waals surface area contributed by atoms with E-state index in [4.69, 9.17) is 35.4 Å². The van der Waals surface area contributed by atoms with Crippen molar-refractivity contribution in [2.45, 2.75) is 45.6 Å². The number of nitrogens with one attached hydrogen (secondary N) is 2. The lowest BCUT2D eigenvalue weighted by Gasteiger charge is -2.48. The summed E-state index contributed by atoms with van der Waals surface area (Å²) in [5, 5.41) is 18.6. The summed E-state index contributed by atoms with van der Waals surface area (Å²) in [6.07, 6.45) is 5.27. The molecular formula is C18H23Cl2N3OS. The van der Waals surface area contributed by atoms with Crippen LogP contribution in [-0.4, -0.2) is 22.0 Å². The predicted molar refractivity (Wildman–Crippen MR) is 108 cm³/mol. The third-order valence-electron chi connectivity index (χ3n) is 6.41. The minimum atomic E-state index is -0.0586. The summed E-state index contributed by atoms with van der Waals surface area (Å²) in [6, 6.07) is 3.07. The van der Waals surface area contributed by atoms with Crippen LogP contribution in [-0.2, 0) is 0 Å². The van der Waals surface area contributed by atoms with Crippen LogP contribution >= 0.6 is 35.4 Å². The van der Waals surface area contributed by atoms with E-state index in [1.807, 2.05) is 0 Å². The minimum Gasteiger partial charge on any atom is -0.506 e. The molecule has 0 saturated heterocycles. The summed E-state index contributed by atoms with van der Waals surface area (Å²) in [5.41, 5.74) is 3.41. The van der Waals surface area contributed by atoms with Crippen LogP contribution in [0.2, 0.25) is 10.0 Å². The molecule has 2 bridgehead atoms. The second kappa shape index (κ2) is 6.60. The second-order valence-electron chi connectivity index (χ2n) is 7.78. The van der Waals surface area contributed by atoms with Gasteiger partial charge in [0.15, 0.2) is 5.11 Å². The van der Waals surface area contributed by atoms with E-state index in [0.29, 0.717) is 21.6 Å². The van der Waals surface area contributed by atoms with E-state index in [2.05, 4.69) is 36.6 Å². The molecule has 0 unspecified atom stereocenters. The van der Waals surface area contributed by atoms with Gasteiger partial charge in [-0.2, -0.15) is 5.10 Å². The van der Waals surface area contributed by atoms with Crippen molar-refractivity contribution >= 4 is 46.7 Å². The SMILES string of the molecule is CC1(C)[C@H]2CC[C@@H](C2)[C@]1(C)NC(=S)N/N=C\c1cc(Cl)cc(Cl)c1O. The molecule has 25 heavy (non-hydrogen) atoms. The van der Waals surface area contributed by atoms with E-state index in [1.54, 1.807) is 6.07 Å². The van der Waals surface area contributed by atoms with E-state index in [-0.39, 0.29) is 21.7 Å². The Balaban J connectivity index is 1.66. The lowest BCUT2D eigenvalue weighted by atomic mass is 9.64. The van der Waals surface area contributed by atoms with E-state index in [9.17, 15) is 5.11 Å². The third kappa shape index (κ3) is 3.22. The van der Waals surface area contributed by atoms with Crippen LogP contribution < -0.4 is 10.7 Å². The summed E-state index contributed by atoms with van der Waals surface area (Å²) >= 11 is 17.3. The Morgan fingerprint density at radius 1 is 1.28 bits per heavy atom. The molecule has 4 nitrogen and oxygen atoms in total. The topological polar surface area (TPSA) is 56.7 Å². The molecule has 3 atom stereocenters. The highest BCUT2D eigenvalue weighted by Gasteiger charge is 2.60. The second-order valence-corrected chi connectivity index (χ2v) is 9.03. The van der Waals surface area contributed by atoms with Crippen LogP contribution in [0, 0.1) is 17.3 Å². The maximum atomic E-state index is 9.94. The van der Waals surface area contributed by atoms with Crippen molar-refractivity contribution in [3.63, 3.8) is 0 Å². The number of rotatable bonds is 3. The number of halogens is 2. The van der Waals surface area contributed by atoms with Crippen molar-refractivity contribution in [1.82, 2.24) is 10.7 Å². The number of hydrogen-bond donors (Lipinski definition) is 3. The molecule has 1 aromatic carbocycles. The van der Waals surface area contributed by atoms with E-state index >= 15 is 0 Å². The molecule has 3 N–H and O–H groups in total. The molecule has 2 fully saturated rings. The molecule has 0 radical (unpaired) electrons. The van der Waals surface area contributed by atoms with Crippen molar-refractivity contribution in [2.75, 3.05) is 0 Å². The van der Waals surface area contributed by atoms with Crippen LogP contribution in [0.4, 0.5) is 0 Å². The van der Waals surface area contributed by atoms with Gasteiger partial charge in [0.2, 0.25) is 0 Å². The molecule has 7 heteroatoms. The smallest absolute Gasteiger partial charge is 0.187 e. The van der Waals surface area contributed by atoms with Gasteiger partial charge in [0.1, 0.15) is 5.75 Å². The van der Waals surface area contributed by atoms with Gasteiger partial charge in [-0.05, 0) is 67.8 Å². The van der Waals surface area contributed by atoms with Gasteiger partial charge in [0.25, 0.3) is 0 Å². The van der Waals surface area contributed by atoms with Gasteiger partial charge in [0, 0.05) is 16.1 Å². The van der Waals surface area contributed by atoms with Gasteiger partial charge in [-0.3, -0.25) is 5.43 Å². The molecule has 2 aliphatic rings. The number of phenols is 1. The highest BCUT2D eigenvalue weighted by molar-refractivity contribution is 7.80. The van der Waals surface area contributed by atoms with Crippen molar-refractivity contribution < 1.29 is 5.11 Å². The van der Waals surface area contributed by atoms with Crippen molar-refractivity contribution in [2.24, 2.45) is 22.4 Å². The number of nitrogens with zero attached hydrogens (tertiary/aromatic N) is 1. The molecule has 0 amide bonds. The molecule has 136 valence electrons. The fourth-order valence-corrected chi connectivity index (χ4v) is 5.26. The molecule has 0 spiro atoms. The van der Waals surface area contributed by atoms with E-state index in [1.165, 1.54) is 31.5 Å². The zero-order valence-electron chi connectivity index (χ0n) is 14.6. The lowest BCUT2D eigenvalue weighted by Crippen LogP contribution is -2.60. The number of benzene rings is 1. The normalized spacial score (nSPS) is 30.0. The fourth-order valence-electron chi connectivity index (χ4n) is 4.48. The Morgan fingerprint density at radius 2 is 1.96 bits per heavy atom. The first-order valence-corrected chi connectivity index (χ1v) is 9.61. The van der Waals surface area contributed by atoms with E-state index < -0.39 is 0 Å². The summed E-state index contributed by atoms with van der Waals surface area (Å²) in [7, 11) is 0. The number of fused-ring (bicyclic) bond motifs is 2. The Bertz CT molecular complexity index is 737. The summed E-state index contributed by atoms with van der Waals surface area (Å²) in [4.78, 5) is 0. The standard InChI is InChI=1S/C18H23Cl2N3OS/c1-17(2)11-4-5-12(7-11)18(17,3)22-16(25)23-21-9-10-6-13(19)8-14(20)15(10)24/h6,8-9,11-12,24H,4-5,7H2,1-3H3,(H2,22,23,25)/b21-9-/t11-,12-,18-/m0/s1. The fraction of sp³-hybridized carbons (Fsp3) is 0.556. The third-order valence-corrected chi connectivity index (χ3v) is 7.11. The van der Waals surface area contributed by atoms with E-state index in [0.717, 1.165) is 5.92 Å². The first-order valence-electron chi connectivity index (χ1n) is 8.44. The quantitative estimate of drug-likeness (QED) is 0.391. The average Bonchev–Trinajstić information content (AvgIpc) is 3.07. The molecule has 2 saturated carbocycles. The van der Waals surface area contributed by atoms with Crippen LogP contribution in [0.25, 0.3) is 0 Å². The largest absolute Gasteiger partial charge is 0.506 e. The monoisotopic (exact) mass is 399 g/mol. The maximum Gasteiger partial charge on any atom is 0.187 e. The molecule has 2 aliphatic carbocycles. The lowest BCUT2D eigenvalue weighted by molar-refractivity contribution is 0.0833. The summed E-state index contributed by atoms with van der Waals surface area (Å²) < 4.78 is 0. The summed E-state index contributed by atoms with van der Waals surface area (Å²) in [6.45, 7) is 6.90. The number of aromatic hydroxyl groups is 1. The van der Waals surface area contributed by atoms with Crippen molar-refractivity contribution in [3.8, 4) is 5.75 Å². The van der Waals surface area contributed by atoms with Crippen LogP contribution in [0.3, 0.4) is 0 Å². The van der Waals surface area contributed by atoms with Crippen molar-refractivity contribution in [3.05, 3.63) is 27.7 Å². The zero-order valence-corrected chi connectivity index (χ0v) is 16.9.